The van der Waals surface area contributed by atoms with E-state index in [1.54, 1.807) is 12.1 Å². The lowest BCUT2D eigenvalue weighted by molar-refractivity contribution is 0.111. The molecule has 0 radical (unpaired) electrons. The molecule has 0 amide bonds. The molecule has 78 valence electrons. The van der Waals surface area contributed by atoms with E-state index in [1.165, 1.54) is 0 Å². The monoisotopic (exact) mass is 210 g/mol. The Labute approximate surface area is 83.5 Å². The van der Waals surface area contributed by atoms with Crippen LogP contribution < -0.4 is 5.73 Å². The lowest BCUT2D eigenvalue weighted by Crippen LogP contribution is -1.95. The molecule has 1 aliphatic carbocycles. The van der Waals surface area contributed by atoms with Gasteiger partial charge in [0.25, 0.3) is 5.92 Å². The normalized spacial score (nSPS) is 23.2. The molecule has 2 aromatic heterocycles. The number of hydrogen-bond acceptors (Lipinski definition) is 3. The molecule has 0 saturated heterocycles. The van der Waals surface area contributed by atoms with Gasteiger partial charge in [0.1, 0.15) is 0 Å². The number of hydrogen-bond donors (Lipinski definition) is 2. The zero-order valence-corrected chi connectivity index (χ0v) is 7.67. The summed E-state index contributed by atoms with van der Waals surface area (Å²) in [4.78, 5) is 4.08. The van der Waals surface area contributed by atoms with Crippen molar-refractivity contribution < 1.29 is 8.78 Å². The quantitative estimate of drug-likeness (QED) is 0.752. The van der Waals surface area contributed by atoms with E-state index in [2.05, 4.69) is 15.2 Å². The van der Waals surface area contributed by atoms with E-state index in [4.69, 9.17) is 5.73 Å². The fourth-order valence-electron chi connectivity index (χ4n) is 1.67. The summed E-state index contributed by atoms with van der Waals surface area (Å²) < 4.78 is 25.6. The molecule has 15 heavy (non-hydrogen) atoms. The molecule has 2 aromatic rings. The highest BCUT2D eigenvalue weighted by Gasteiger charge is 2.58. The summed E-state index contributed by atoms with van der Waals surface area (Å²) in [7, 11) is 0. The second-order valence-corrected chi connectivity index (χ2v) is 3.76. The molecule has 0 aromatic carbocycles. The van der Waals surface area contributed by atoms with Crippen LogP contribution in [-0.4, -0.2) is 21.1 Å². The molecule has 4 nitrogen and oxygen atoms in total. The van der Waals surface area contributed by atoms with Crippen LogP contribution in [0.5, 0.6) is 0 Å². The molecule has 0 aliphatic heterocycles. The number of pyridine rings is 1. The molecule has 0 spiro atoms. The Morgan fingerprint density at radius 3 is 2.87 bits per heavy atom. The third-order valence-electron chi connectivity index (χ3n) is 2.66. The van der Waals surface area contributed by atoms with Crippen LogP contribution in [0.1, 0.15) is 18.0 Å². The van der Waals surface area contributed by atoms with Gasteiger partial charge in [0.2, 0.25) is 0 Å². The van der Waals surface area contributed by atoms with Crippen molar-refractivity contribution >= 4 is 16.9 Å². The highest BCUT2D eigenvalue weighted by molar-refractivity contribution is 5.85. The highest BCUT2D eigenvalue weighted by Crippen LogP contribution is 2.55. The lowest BCUT2D eigenvalue weighted by atomic mass is 10.2. The van der Waals surface area contributed by atoms with Crippen molar-refractivity contribution in [3.8, 4) is 0 Å². The number of anilines is 1. The van der Waals surface area contributed by atoms with Crippen LogP contribution in [-0.2, 0) is 0 Å². The molecule has 1 aliphatic rings. The van der Waals surface area contributed by atoms with Gasteiger partial charge >= 0.3 is 0 Å². The molecule has 1 saturated carbocycles. The van der Waals surface area contributed by atoms with Crippen LogP contribution in [0.2, 0.25) is 0 Å². The van der Waals surface area contributed by atoms with Gasteiger partial charge in [0, 0.05) is 6.42 Å². The number of fused-ring (bicyclic) bond motifs is 1. The Kier molecular flexibility index (Phi) is 1.40. The van der Waals surface area contributed by atoms with E-state index in [1.807, 2.05) is 0 Å². The van der Waals surface area contributed by atoms with E-state index in [-0.39, 0.29) is 6.42 Å². The van der Waals surface area contributed by atoms with Gasteiger partial charge in [-0.2, -0.15) is 5.10 Å². The van der Waals surface area contributed by atoms with Gasteiger partial charge in [-0.25, -0.2) is 13.8 Å². The Bertz CT molecular complexity index is 534. The summed E-state index contributed by atoms with van der Waals surface area (Å²) in [5, 5.41) is 7.03. The molecule has 1 unspecified atom stereocenters. The number of aromatic amines is 1. The van der Waals surface area contributed by atoms with E-state index in [0.29, 0.717) is 22.5 Å². The van der Waals surface area contributed by atoms with Crippen molar-refractivity contribution in [2.24, 2.45) is 0 Å². The first-order valence-electron chi connectivity index (χ1n) is 4.56. The van der Waals surface area contributed by atoms with Crippen molar-refractivity contribution in [1.82, 2.24) is 15.2 Å². The van der Waals surface area contributed by atoms with Crippen LogP contribution in [0.4, 0.5) is 14.6 Å². The number of halogens is 2. The Balaban J connectivity index is 2.08. The molecule has 2 heterocycles. The minimum absolute atomic E-state index is 0.116. The predicted molar refractivity (Wildman–Crippen MR) is 50.6 cm³/mol. The highest BCUT2D eigenvalue weighted by atomic mass is 19.3. The van der Waals surface area contributed by atoms with Gasteiger partial charge in [-0.15, -0.1) is 0 Å². The average molecular weight is 210 g/mol. The van der Waals surface area contributed by atoms with Gasteiger partial charge in [0.05, 0.1) is 17.0 Å². The topological polar surface area (TPSA) is 67.6 Å². The number of nitrogens with zero attached hydrogens (tertiary/aromatic N) is 2. The fraction of sp³-hybridized carbons (Fsp3) is 0.333. The zero-order chi connectivity index (χ0) is 10.6. The summed E-state index contributed by atoms with van der Waals surface area (Å²) >= 11 is 0. The molecule has 3 rings (SSSR count). The van der Waals surface area contributed by atoms with Gasteiger partial charge < -0.3 is 5.73 Å². The molecular formula is C9H8F2N4. The Hall–Kier alpha value is -1.72. The number of nitrogen functional groups attached to an aromatic ring is 1. The van der Waals surface area contributed by atoms with Crippen molar-refractivity contribution in [2.45, 2.75) is 18.3 Å². The third-order valence-corrected chi connectivity index (χ3v) is 2.66. The van der Waals surface area contributed by atoms with E-state index in [0.717, 1.165) is 0 Å². The summed E-state index contributed by atoms with van der Waals surface area (Å²) in [6, 6.07) is 3.25. The van der Waals surface area contributed by atoms with Crippen molar-refractivity contribution in [3.63, 3.8) is 0 Å². The van der Waals surface area contributed by atoms with Gasteiger partial charge in [-0.1, -0.05) is 0 Å². The van der Waals surface area contributed by atoms with Gasteiger partial charge in [-0.05, 0) is 12.1 Å². The van der Waals surface area contributed by atoms with Crippen LogP contribution in [0.15, 0.2) is 12.1 Å². The second kappa shape index (κ2) is 2.44. The van der Waals surface area contributed by atoms with Gasteiger partial charge in [-0.3, -0.25) is 5.10 Å². The number of nitrogens with two attached hydrogens (primary N) is 1. The number of rotatable bonds is 1. The maximum atomic E-state index is 12.8. The molecule has 6 heteroatoms. The maximum Gasteiger partial charge on any atom is 0.257 e. The van der Waals surface area contributed by atoms with Crippen molar-refractivity contribution in [2.75, 3.05) is 5.73 Å². The zero-order valence-electron chi connectivity index (χ0n) is 7.67. The summed E-state index contributed by atoms with van der Waals surface area (Å²) in [6.45, 7) is 0. The smallest absolute Gasteiger partial charge is 0.257 e. The Morgan fingerprint density at radius 1 is 1.47 bits per heavy atom. The number of alkyl halides is 2. The minimum atomic E-state index is -2.59. The second-order valence-electron chi connectivity index (χ2n) is 3.76. The maximum absolute atomic E-state index is 12.8. The van der Waals surface area contributed by atoms with Crippen LogP contribution in [0.25, 0.3) is 11.0 Å². The van der Waals surface area contributed by atoms with Crippen molar-refractivity contribution in [1.29, 1.82) is 0 Å². The first-order valence-corrected chi connectivity index (χ1v) is 4.56. The van der Waals surface area contributed by atoms with E-state index < -0.39 is 11.8 Å². The molecule has 1 fully saturated rings. The number of aromatic nitrogens is 3. The number of H-pyrrole nitrogens is 1. The summed E-state index contributed by atoms with van der Waals surface area (Å²) in [5.41, 5.74) is 6.41. The largest absolute Gasteiger partial charge is 0.382 e. The van der Waals surface area contributed by atoms with E-state index >= 15 is 0 Å². The Morgan fingerprint density at radius 2 is 2.20 bits per heavy atom. The first-order chi connectivity index (χ1) is 7.08. The van der Waals surface area contributed by atoms with Crippen LogP contribution in [0, 0.1) is 0 Å². The molecule has 1 atom stereocenters. The molecular weight excluding hydrogens is 202 g/mol. The van der Waals surface area contributed by atoms with E-state index in [9.17, 15) is 8.78 Å². The predicted octanol–water partition coefficient (Wildman–Crippen LogP) is 1.66. The average Bonchev–Trinajstić information content (AvgIpc) is 2.67. The van der Waals surface area contributed by atoms with Gasteiger partial charge in [0.15, 0.2) is 11.5 Å². The van der Waals surface area contributed by atoms with Crippen LogP contribution >= 0.6 is 0 Å². The molecule has 3 N–H and O–H groups in total. The molecule has 0 bridgehead atoms. The summed E-state index contributed by atoms with van der Waals surface area (Å²) in [5.74, 6) is -3.00. The number of nitrogens with one attached hydrogen (secondary N) is 1. The SMILES string of the molecule is Nc1n[nH]c2nc(C3CC3(F)F)ccc12. The fourth-order valence-corrected chi connectivity index (χ4v) is 1.67. The lowest BCUT2D eigenvalue weighted by Gasteiger charge is -1.98. The first kappa shape index (κ1) is 8.58. The van der Waals surface area contributed by atoms with Crippen LogP contribution in [0.3, 0.4) is 0 Å². The van der Waals surface area contributed by atoms with Crippen molar-refractivity contribution in [3.05, 3.63) is 17.8 Å². The minimum Gasteiger partial charge on any atom is -0.382 e. The standard InChI is InChI=1S/C9H8F2N4/c10-9(11)3-5(9)6-2-1-4-7(12)14-15-8(4)13-6/h1-2,5H,3H2,(H3,12,13,14,15). The third kappa shape index (κ3) is 1.17. The summed E-state index contributed by atoms with van der Waals surface area (Å²) in [6.07, 6.45) is -0.116.